The van der Waals surface area contributed by atoms with Crippen LogP contribution in [0, 0.1) is 17.7 Å². The highest BCUT2D eigenvalue weighted by atomic mass is 35.5. The lowest BCUT2D eigenvalue weighted by Gasteiger charge is -2.26. The van der Waals surface area contributed by atoms with Gasteiger partial charge in [-0.05, 0) is 49.8 Å². The smallest absolute Gasteiger partial charge is 0.129 e. The van der Waals surface area contributed by atoms with E-state index in [9.17, 15) is 4.39 Å². The van der Waals surface area contributed by atoms with Gasteiger partial charge in [-0.3, -0.25) is 0 Å². The van der Waals surface area contributed by atoms with Gasteiger partial charge in [0, 0.05) is 16.6 Å². The van der Waals surface area contributed by atoms with Gasteiger partial charge < -0.3 is 5.32 Å². The molecule has 1 aromatic carbocycles. The minimum Gasteiger partial charge on any atom is -0.310 e. The first-order valence-electron chi connectivity index (χ1n) is 7.30. The molecule has 0 spiro atoms. The number of nitrogens with one attached hydrogen (secondary N) is 1. The van der Waals surface area contributed by atoms with E-state index in [1.165, 1.54) is 25.3 Å². The zero-order valence-corrected chi connectivity index (χ0v) is 12.5. The number of hydrogen-bond acceptors (Lipinski definition) is 1. The second kappa shape index (κ2) is 6.71. The molecule has 1 aromatic rings. The summed E-state index contributed by atoms with van der Waals surface area (Å²) in [5.74, 6) is 1.11. The predicted molar refractivity (Wildman–Crippen MR) is 78.9 cm³/mol. The molecule has 0 radical (unpaired) electrons. The molecule has 0 amide bonds. The fraction of sp³-hybridized carbons (Fsp3) is 0.625. The molecule has 0 bridgehead atoms. The van der Waals surface area contributed by atoms with Crippen LogP contribution >= 0.6 is 11.6 Å². The molecular weight excluding hydrogens is 261 g/mol. The van der Waals surface area contributed by atoms with Gasteiger partial charge in [-0.1, -0.05) is 37.9 Å². The molecule has 1 nitrogen and oxygen atoms in total. The molecule has 0 aromatic heterocycles. The third-order valence-electron chi connectivity index (χ3n) is 4.12. The first kappa shape index (κ1) is 14.8. The van der Waals surface area contributed by atoms with E-state index in [0.717, 1.165) is 24.4 Å². The quantitative estimate of drug-likeness (QED) is 0.806. The Balaban J connectivity index is 2.21. The minimum absolute atomic E-state index is 0.127. The Hall–Kier alpha value is -0.600. The van der Waals surface area contributed by atoms with Crippen LogP contribution < -0.4 is 5.32 Å². The van der Waals surface area contributed by atoms with E-state index in [1.54, 1.807) is 6.07 Å². The van der Waals surface area contributed by atoms with Crippen LogP contribution in [0.15, 0.2) is 18.2 Å². The van der Waals surface area contributed by atoms with Gasteiger partial charge in [0.1, 0.15) is 5.82 Å². The van der Waals surface area contributed by atoms with Gasteiger partial charge in [0.2, 0.25) is 0 Å². The number of rotatable bonds is 5. The average Bonchev–Trinajstić information content (AvgIpc) is 2.78. The number of halogens is 2. The van der Waals surface area contributed by atoms with E-state index in [4.69, 9.17) is 11.6 Å². The third-order valence-corrected chi connectivity index (χ3v) is 4.35. The molecule has 2 rings (SSSR count). The Morgan fingerprint density at radius 2 is 2.21 bits per heavy atom. The molecule has 0 heterocycles. The zero-order chi connectivity index (χ0) is 13.8. The zero-order valence-electron chi connectivity index (χ0n) is 11.8. The van der Waals surface area contributed by atoms with E-state index in [0.29, 0.717) is 10.9 Å². The van der Waals surface area contributed by atoms with E-state index in [-0.39, 0.29) is 11.9 Å². The van der Waals surface area contributed by atoms with E-state index >= 15 is 0 Å². The van der Waals surface area contributed by atoms with E-state index in [1.807, 2.05) is 6.07 Å². The van der Waals surface area contributed by atoms with Crippen molar-refractivity contribution in [3.63, 3.8) is 0 Å². The SMILES string of the molecule is CCCNC(c1ccc(Cl)cc1F)C1CCC(C)C1. The van der Waals surface area contributed by atoms with Gasteiger partial charge in [0.25, 0.3) is 0 Å². The van der Waals surface area contributed by atoms with Crippen molar-refractivity contribution in [3.8, 4) is 0 Å². The van der Waals surface area contributed by atoms with Crippen LogP contribution in [0.1, 0.15) is 51.1 Å². The van der Waals surface area contributed by atoms with Gasteiger partial charge in [0.05, 0.1) is 0 Å². The molecule has 1 fully saturated rings. The van der Waals surface area contributed by atoms with Gasteiger partial charge in [-0.25, -0.2) is 4.39 Å². The number of benzene rings is 1. The Morgan fingerprint density at radius 1 is 1.42 bits per heavy atom. The fourth-order valence-electron chi connectivity index (χ4n) is 3.14. The highest BCUT2D eigenvalue weighted by Gasteiger charge is 2.30. The van der Waals surface area contributed by atoms with Crippen molar-refractivity contribution in [3.05, 3.63) is 34.6 Å². The normalized spacial score (nSPS) is 24.6. The topological polar surface area (TPSA) is 12.0 Å². The van der Waals surface area contributed by atoms with E-state index in [2.05, 4.69) is 19.2 Å². The van der Waals surface area contributed by atoms with Gasteiger partial charge in [-0.15, -0.1) is 0 Å². The number of hydrogen-bond donors (Lipinski definition) is 1. The summed E-state index contributed by atoms with van der Waals surface area (Å²) in [6.45, 7) is 5.35. The standard InChI is InChI=1S/C16H23ClFN/c1-3-8-19-16(12-5-4-11(2)9-12)14-7-6-13(17)10-15(14)18/h6-7,10-12,16,19H,3-5,8-9H2,1-2H3. The molecule has 1 saturated carbocycles. The second-order valence-corrected chi connectivity index (χ2v) is 6.21. The maximum atomic E-state index is 14.2. The summed E-state index contributed by atoms with van der Waals surface area (Å²) in [5.41, 5.74) is 0.775. The molecule has 3 heteroatoms. The van der Waals surface area contributed by atoms with Crippen LogP contribution in [0.25, 0.3) is 0 Å². The van der Waals surface area contributed by atoms with Crippen molar-refractivity contribution in [1.29, 1.82) is 0 Å². The highest BCUT2D eigenvalue weighted by molar-refractivity contribution is 6.30. The predicted octanol–water partition coefficient (Wildman–Crippen LogP) is 4.96. The summed E-state index contributed by atoms with van der Waals surface area (Å²) in [4.78, 5) is 0. The molecule has 3 atom stereocenters. The lowest BCUT2D eigenvalue weighted by atomic mass is 9.90. The first-order valence-corrected chi connectivity index (χ1v) is 7.68. The van der Waals surface area contributed by atoms with Crippen LogP contribution in [0.2, 0.25) is 5.02 Å². The maximum Gasteiger partial charge on any atom is 0.129 e. The van der Waals surface area contributed by atoms with Crippen molar-refractivity contribution in [2.75, 3.05) is 6.54 Å². The molecule has 1 aliphatic carbocycles. The van der Waals surface area contributed by atoms with Crippen molar-refractivity contribution >= 4 is 11.6 Å². The summed E-state index contributed by atoms with van der Waals surface area (Å²) in [7, 11) is 0. The summed E-state index contributed by atoms with van der Waals surface area (Å²) >= 11 is 5.85. The average molecular weight is 284 g/mol. The van der Waals surface area contributed by atoms with Crippen LogP contribution in [0.3, 0.4) is 0 Å². The summed E-state index contributed by atoms with van der Waals surface area (Å²) in [6.07, 6.45) is 4.69. The van der Waals surface area contributed by atoms with Crippen LogP contribution in [0.4, 0.5) is 4.39 Å². The maximum absolute atomic E-state index is 14.2. The van der Waals surface area contributed by atoms with E-state index < -0.39 is 0 Å². The van der Waals surface area contributed by atoms with Gasteiger partial charge >= 0.3 is 0 Å². The van der Waals surface area contributed by atoms with Crippen LogP contribution in [-0.2, 0) is 0 Å². The van der Waals surface area contributed by atoms with Crippen molar-refractivity contribution < 1.29 is 4.39 Å². The third kappa shape index (κ3) is 3.70. The minimum atomic E-state index is -0.180. The Labute approximate surface area is 120 Å². The van der Waals surface area contributed by atoms with Crippen molar-refractivity contribution in [2.24, 2.45) is 11.8 Å². The Bertz CT molecular complexity index is 421. The molecule has 0 saturated heterocycles. The first-order chi connectivity index (χ1) is 9.11. The van der Waals surface area contributed by atoms with Gasteiger partial charge in [-0.2, -0.15) is 0 Å². The molecule has 19 heavy (non-hydrogen) atoms. The molecule has 1 N–H and O–H groups in total. The molecule has 1 aliphatic rings. The summed E-state index contributed by atoms with van der Waals surface area (Å²) < 4.78 is 14.2. The van der Waals surface area contributed by atoms with Crippen LogP contribution in [-0.4, -0.2) is 6.54 Å². The lowest BCUT2D eigenvalue weighted by Crippen LogP contribution is -2.28. The Kier molecular flexibility index (Phi) is 5.23. The van der Waals surface area contributed by atoms with Crippen molar-refractivity contribution in [1.82, 2.24) is 5.32 Å². The van der Waals surface area contributed by atoms with Crippen LogP contribution in [0.5, 0.6) is 0 Å². The molecule has 3 unspecified atom stereocenters. The molecule has 106 valence electrons. The Morgan fingerprint density at radius 3 is 2.79 bits per heavy atom. The largest absolute Gasteiger partial charge is 0.310 e. The summed E-state index contributed by atoms with van der Waals surface area (Å²) in [5, 5.41) is 3.99. The van der Waals surface area contributed by atoms with Gasteiger partial charge in [0.15, 0.2) is 0 Å². The van der Waals surface area contributed by atoms with Crippen molar-refractivity contribution in [2.45, 2.75) is 45.6 Å². The lowest BCUT2D eigenvalue weighted by molar-refractivity contribution is 0.349. The monoisotopic (exact) mass is 283 g/mol. The fourth-order valence-corrected chi connectivity index (χ4v) is 3.30. The highest BCUT2D eigenvalue weighted by Crippen LogP contribution is 2.39. The summed E-state index contributed by atoms with van der Waals surface area (Å²) in [6, 6.07) is 5.19. The second-order valence-electron chi connectivity index (χ2n) is 5.78. The molecule has 0 aliphatic heterocycles. The molecular formula is C16H23ClFN.